The first-order valence-corrected chi connectivity index (χ1v) is 8.72. The summed E-state index contributed by atoms with van der Waals surface area (Å²) in [4.78, 5) is 14.7. The third-order valence-corrected chi connectivity index (χ3v) is 4.37. The van der Waals surface area contributed by atoms with Gasteiger partial charge in [-0.15, -0.1) is 0 Å². The molecule has 0 aliphatic carbocycles. The van der Waals surface area contributed by atoms with Crippen molar-refractivity contribution in [1.82, 2.24) is 10.2 Å². The van der Waals surface area contributed by atoms with Gasteiger partial charge in [-0.2, -0.15) is 0 Å². The highest BCUT2D eigenvalue weighted by Gasteiger charge is 2.18. The number of amides is 2. The fourth-order valence-electron chi connectivity index (χ4n) is 2.19. The Labute approximate surface area is 138 Å². The van der Waals surface area contributed by atoms with Gasteiger partial charge in [-0.3, -0.25) is 9.11 Å². The summed E-state index contributed by atoms with van der Waals surface area (Å²) in [6, 6.07) is 10.3. The topological polar surface area (TPSA) is 74.6 Å². The first-order valence-electron chi connectivity index (χ1n) is 7.16. The smallest absolute Gasteiger partial charge is 0.319 e. The van der Waals surface area contributed by atoms with Crippen molar-refractivity contribution < 1.29 is 13.4 Å². The molecule has 0 aliphatic heterocycles. The zero-order valence-electron chi connectivity index (χ0n) is 13.4. The number of carbonyl (C=O) groups excluding carboxylic acids is 1. The number of nitrogens with one attached hydrogen (secondary N) is 2. The molecule has 0 saturated carbocycles. The van der Waals surface area contributed by atoms with Crippen LogP contribution in [0.4, 0.5) is 10.5 Å². The normalized spacial score (nSPS) is 13.6. The van der Waals surface area contributed by atoms with Crippen LogP contribution in [-0.2, 0) is 10.8 Å². The van der Waals surface area contributed by atoms with E-state index in [0.717, 1.165) is 5.76 Å². The summed E-state index contributed by atoms with van der Waals surface area (Å²) in [6.45, 7) is 0.393. The van der Waals surface area contributed by atoms with Crippen molar-refractivity contribution in [1.29, 1.82) is 0 Å². The summed E-state index contributed by atoms with van der Waals surface area (Å²) < 4.78 is 17.1. The molecule has 0 fully saturated rings. The Balaban J connectivity index is 1.99. The Bertz CT molecular complexity index is 671. The molecule has 1 heterocycles. The van der Waals surface area contributed by atoms with Gasteiger partial charge in [-0.05, 0) is 38.4 Å². The molecule has 23 heavy (non-hydrogen) atoms. The van der Waals surface area contributed by atoms with E-state index in [1.807, 2.05) is 31.1 Å². The number of anilines is 1. The second-order valence-electron chi connectivity index (χ2n) is 5.28. The van der Waals surface area contributed by atoms with Gasteiger partial charge in [0.2, 0.25) is 0 Å². The quantitative estimate of drug-likeness (QED) is 0.850. The summed E-state index contributed by atoms with van der Waals surface area (Å²) in [5.41, 5.74) is 0.547. The van der Waals surface area contributed by atoms with Gasteiger partial charge in [0, 0.05) is 12.8 Å². The minimum atomic E-state index is -1.17. The molecule has 1 aromatic carbocycles. The molecule has 0 unspecified atom stereocenters. The summed E-state index contributed by atoms with van der Waals surface area (Å²) in [7, 11) is 2.67. The van der Waals surface area contributed by atoms with Crippen LogP contribution in [-0.4, -0.2) is 42.0 Å². The van der Waals surface area contributed by atoms with E-state index in [0.29, 0.717) is 17.1 Å². The first kappa shape index (κ1) is 17.2. The van der Waals surface area contributed by atoms with Crippen LogP contribution >= 0.6 is 0 Å². The predicted octanol–water partition coefficient (Wildman–Crippen LogP) is 2.44. The van der Waals surface area contributed by atoms with E-state index in [1.165, 1.54) is 0 Å². The lowest BCUT2D eigenvalue weighted by Crippen LogP contribution is -2.36. The van der Waals surface area contributed by atoms with Crippen LogP contribution in [0.2, 0.25) is 0 Å². The highest BCUT2D eigenvalue weighted by molar-refractivity contribution is 7.84. The molecule has 0 aliphatic rings. The Kier molecular flexibility index (Phi) is 5.95. The molecule has 2 amide bonds. The fourth-order valence-corrected chi connectivity index (χ4v) is 2.89. The zero-order chi connectivity index (χ0) is 16.8. The fraction of sp³-hybridized carbons (Fsp3) is 0.312. The van der Waals surface area contributed by atoms with Crippen LogP contribution in [0, 0.1) is 0 Å². The van der Waals surface area contributed by atoms with E-state index in [9.17, 15) is 9.00 Å². The molecule has 2 atom stereocenters. The van der Waals surface area contributed by atoms with Gasteiger partial charge in [0.1, 0.15) is 5.76 Å². The molecule has 0 radical (unpaired) electrons. The van der Waals surface area contributed by atoms with Crippen LogP contribution < -0.4 is 10.6 Å². The van der Waals surface area contributed by atoms with Gasteiger partial charge in [0.05, 0.1) is 33.7 Å². The standard InChI is InChI=1S/C16H21N3O3S/c1-19(2)13(14-8-6-10-22-14)11-17-16(20)18-12-7-4-5-9-15(12)23(3)21/h4-10,13H,11H2,1-3H3,(H2,17,18,20)/t13-,23-/m0/s1. The molecule has 2 aromatic rings. The molecule has 0 saturated heterocycles. The number of furan rings is 1. The Morgan fingerprint density at radius 2 is 2.00 bits per heavy atom. The number of likely N-dealkylation sites (N-methyl/N-ethyl adjacent to an activating group) is 1. The van der Waals surface area contributed by atoms with Crippen molar-refractivity contribution in [2.75, 3.05) is 32.2 Å². The number of hydrogen-bond donors (Lipinski definition) is 2. The minimum absolute atomic E-state index is 0.0636. The van der Waals surface area contributed by atoms with E-state index < -0.39 is 10.8 Å². The number of urea groups is 1. The second kappa shape index (κ2) is 7.94. The lowest BCUT2D eigenvalue weighted by Gasteiger charge is -2.22. The van der Waals surface area contributed by atoms with Gasteiger partial charge in [-0.25, -0.2) is 4.79 Å². The van der Waals surface area contributed by atoms with Gasteiger partial charge in [0.15, 0.2) is 0 Å². The zero-order valence-corrected chi connectivity index (χ0v) is 14.2. The van der Waals surface area contributed by atoms with Crippen LogP contribution in [0.1, 0.15) is 11.8 Å². The second-order valence-corrected chi connectivity index (χ2v) is 6.63. The Morgan fingerprint density at radius 3 is 2.61 bits per heavy atom. The van der Waals surface area contributed by atoms with Crippen LogP contribution in [0.25, 0.3) is 0 Å². The number of benzene rings is 1. The lowest BCUT2D eigenvalue weighted by molar-refractivity contribution is 0.233. The van der Waals surface area contributed by atoms with Gasteiger partial charge >= 0.3 is 6.03 Å². The maximum absolute atomic E-state index is 12.1. The maximum atomic E-state index is 12.1. The molecule has 0 spiro atoms. The number of hydrogen-bond acceptors (Lipinski definition) is 4. The molecule has 0 bridgehead atoms. The summed E-state index contributed by atoms with van der Waals surface area (Å²) in [5.74, 6) is 0.783. The van der Waals surface area contributed by atoms with E-state index >= 15 is 0 Å². The van der Waals surface area contributed by atoms with Crippen LogP contribution in [0.3, 0.4) is 0 Å². The minimum Gasteiger partial charge on any atom is -0.468 e. The number of nitrogens with zero attached hydrogens (tertiary/aromatic N) is 1. The van der Waals surface area contributed by atoms with Crippen molar-refractivity contribution in [3.05, 3.63) is 48.4 Å². The summed E-state index contributed by atoms with van der Waals surface area (Å²) in [5, 5.41) is 5.56. The highest BCUT2D eigenvalue weighted by Crippen LogP contribution is 2.19. The van der Waals surface area contributed by atoms with Crippen molar-refractivity contribution in [3.63, 3.8) is 0 Å². The molecule has 124 valence electrons. The molecule has 7 heteroatoms. The van der Waals surface area contributed by atoms with Crippen molar-refractivity contribution in [2.45, 2.75) is 10.9 Å². The predicted molar refractivity (Wildman–Crippen MR) is 90.9 cm³/mol. The van der Waals surface area contributed by atoms with E-state index in [1.54, 1.807) is 36.8 Å². The Hall–Kier alpha value is -2.12. The molecular formula is C16H21N3O3S. The average Bonchev–Trinajstić information content (AvgIpc) is 3.01. The monoisotopic (exact) mass is 335 g/mol. The maximum Gasteiger partial charge on any atom is 0.319 e. The number of rotatable bonds is 6. The van der Waals surface area contributed by atoms with Gasteiger partial charge < -0.3 is 15.1 Å². The first-order chi connectivity index (χ1) is 11.0. The summed E-state index contributed by atoms with van der Waals surface area (Å²) >= 11 is 0. The Morgan fingerprint density at radius 1 is 1.26 bits per heavy atom. The van der Waals surface area contributed by atoms with E-state index in [-0.39, 0.29) is 12.1 Å². The largest absolute Gasteiger partial charge is 0.468 e. The molecule has 1 aromatic heterocycles. The molecule has 2 N–H and O–H groups in total. The molecular weight excluding hydrogens is 314 g/mol. The molecule has 2 rings (SSSR count). The van der Waals surface area contributed by atoms with Gasteiger partial charge in [-0.1, -0.05) is 12.1 Å². The lowest BCUT2D eigenvalue weighted by atomic mass is 10.2. The van der Waals surface area contributed by atoms with Crippen molar-refractivity contribution in [2.24, 2.45) is 0 Å². The van der Waals surface area contributed by atoms with Crippen molar-refractivity contribution in [3.8, 4) is 0 Å². The third-order valence-electron chi connectivity index (χ3n) is 3.40. The number of carbonyl (C=O) groups is 1. The third kappa shape index (κ3) is 4.67. The van der Waals surface area contributed by atoms with Gasteiger partial charge in [0.25, 0.3) is 0 Å². The van der Waals surface area contributed by atoms with E-state index in [2.05, 4.69) is 10.6 Å². The average molecular weight is 335 g/mol. The number of para-hydroxylation sites is 1. The van der Waals surface area contributed by atoms with Crippen LogP contribution in [0.5, 0.6) is 0 Å². The van der Waals surface area contributed by atoms with Crippen LogP contribution in [0.15, 0.2) is 52.0 Å². The van der Waals surface area contributed by atoms with Crippen molar-refractivity contribution >= 4 is 22.5 Å². The SMILES string of the molecule is CN(C)[C@@H](CNC(=O)Nc1ccccc1[S@](C)=O)c1ccco1. The van der Waals surface area contributed by atoms with E-state index in [4.69, 9.17) is 4.42 Å². The molecule has 6 nitrogen and oxygen atoms in total. The highest BCUT2D eigenvalue weighted by atomic mass is 32.2. The summed E-state index contributed by atoms with van der Waals surface area (Å²) in [6.07, 6.45) is 3.19.